The second-order valence-corrected chi connectivity index (χ2v) is 7.44. The molecule has 0 saturated carbocycles. The maximum absolute atomic E-state index is 12.7. The van der Waals surface area contributed by atoms with Gasteiger partial charge in [0.2, 0.25) is 10.0 Å². The zero-order valence-electron chi connectivity index (χ0n) is 12.9. The Bertz CT molecular complexity index is 521. The fraction of sp³-hybridized carbons (Fsp3) is 0.600. The van der Waals surface area contributed by atoms with Crippen LogP contribution in [-0.2, 0) is 16.4 Å². The van der Waals surface area contributed by atoms with Crippen molar-refractivity contribution in [2.24, 2.45) is 5.73 Å². The molecule has 1 aromatic carbocycles. The Morgan fingerprint density at radius 1 is 1.15 bits per heavy atom. The van der Waals surface area contributed by atoms with E-state index in [-0.39, 0.29) is 6.54 Å². The number of nitrogens with zero attached hydrogens (tertiary/aromatic N) is 1. The molecule has 0 aromatic heterocycles. The molecule has 114 valence electrons. The van der Waals surface area contributed by atoms with Gasteiger partial charge in [-0.1, -0.05) is 32.4 Å². The number of nitrogens with two attached hydrogens (primary N) is 1. The Morgan fingerprint density at radius 2 is 1.70 bits per heavy atom. The summed E-state index contributed by atoms with van der Waals surface area (Å²) >= 11 is 0. The largest absolute Gasteiger partial charge is 0.329 e. The minimum absolute atomic E-state index is 0.286. The topological polar surface area (TPSA) is 63.4 Å². The number of hydrogen-bond acceptors (Lipinski definition) is 3. The summed E-state index contributed by atoms with van der Waals surface area (Å²) in [6.45, 7) is 8.32. The third-order valence-electron chi connectivity index (χ3n) is 3.51. The summed E-state index contributed by atoms with van der Waals surface area (Å²) in [5.41, 5.74) is 6.29. The van der Waals surface area contributed by atoms with Gasteiger partial charge in [-0.2, -0.15) is 4.31 Å². The lowest BCUT2D eigenvalue weighted by atomic mass is 10.1. The molecule has 4 nitrogen and oxygen atoms in total. The highest BCUT2D eigenvalue weighted by Crippen LogP contribution is 2.24. The number of benzene rings is 1. The van der Waals surface area contributed by atoms with Crippen molar-refractivity contribution in [1.82, 2.24) is 4.31 Å². The maximum atomic E-state index is 12.7. The molecule has 0 bridgehead atoms. The smallest absolute Gasteiger partial charge is 0.243 e. The molecule has 1 rings (SSSR count). The molecular formula is C15H26N2O2S. The fourth-order valence-electron chi connectivity index (χ4n) is 2.27. The summed E-state index contributed by atoms with van der Waals surface area (Å²) in [6.07, 6.45) is 2.01. The zero-order valence-corrected chi connectivity index (χ0v) is 13.7. The average Bonchev–Trinajstić information content (AvgIpc) is 2.40. The van der Waals surface area contributed by atoms with E-state index in [9.17, 15) is 8.42 Å². The van der Waals surface area contributed by atoms with Gasteiger partial charge in [-0.25, -0.2) is 8.42 Å². The molecule has 0 heterocycles. The summed E-state index contributed by atoms with van der Waals surface area (Å²) in [6, 6.07) is 7.16. The normalized spacial score (nSPS) is 12.9. The van der Waals surface area contributed by atoms with E-state index in [1.165, 1.54) is 4.31 Å². The quantitative estimate of drug-likeness (QED) is 0.840. The third-order valence-corrected chi connectivity index (χ3v) is 5.71. The zero-order chi connectivity index (χ0) is 15.4. The van der Waals surface area contributed by atoms with Gasteiger partial charge in [-0.3, -0.25) is 0 Å². The summed E-state index contributed by atoms with van der Waals surface area (Å²) in [5.74, 6) is 0. The molecule has 0 unspecified atom stereocenters. The van der Waals surface area contributed by atoms with Crippen LogP contribution >= 0.6 is 0 Å². The molecule has 0 spiro atoms. The van der Waals surface area contributed by atoms with Crippen LogP contribution < -0.4 is 5.73 Å². The highest BCUT2D eigenvalue weighted by Gasteiger charge is 2.34. The van der Waals surface area contributed by atoms with E-state index in [4.69, 9.17) is 5.73 Å². The van der Waals surface area contributed by atoms with Crippen LogP contribution in [0.3, 0.4) is 0 Å². The summed E-state index contributed by atoms with van der Waals surface area (Å²) in [4.78, 5) is 0.334. The van der Waals surface area contributed by atoms with Gasteiger partial charge in [0.15, 0.2) is 0 Å². The first kappa shape index (κ1) is 17.1. The summed E-state index contributed by atoms with van der Waals surface area (Å²) in [7, 11) is -3.50. The summed E-state index contributed by atoms with van der Waals surface area (Å²) < 4.78 is 26.9. The Morgan fingerprint density at radius 3 is 2.10 bits per heavy atom. The molecule has 20 heavy (non-hydrogen) atoms. The van der Waals surface area contributed by atoms with Crippen molar-refractivity contribution < 1.29 is 8.42 Å². The van der Waals surface area contributed by atoms with Crippen LogP contribution in [0.15, 0.2) is 29.2 Å². The number of likely N-dealkylation sites (N-methyl/N-ethyl adjacent to an activating group) is 1. The average molecular weight is 298 g/mol. The van der Waals surface area contributed by atoms with Crippen molar-refractivity contribution in [2.45, 2.75) is 51.0 Å². The molecule has 2 N–H and O–H groups in total. The van der Waals surface area contributed by atoms with E-state index in [0.29, 0.717) is 11.4 Å². The van der Waals surface area contributed by atoms with Crippen LogP contribution in [0.4, 0.5) is 0 Å². The van der Waals surface area contributed by atoms with Crippen LogP contribution in [0.5, 0.6) is 0 Å². The van der Waals surface area contributed by atoms with Crippen LogP contribution in [0, 0.1) is 0 Å². The Hall–Kier alpha value is -0.910. The monoisotopic (exact) mass is 298 g/mol. The molecule has 5 heteroatoms. The number of aryl methyl sites for hydroxylation is 1. The van der Waals surface area contributed by atoms with Gasteiger partial charge in [-0.15, -0.1) is 0 Å². The molecule has 0 radical (unpaired) electrons. The highest BCUT2D eigenvalue weighted by molar-refractivity contribution is 7.89. The molecule has 0 amide bonds. The first-order valence-corrected chi connectivity index (χ1v) is 8.55. The van der Waals surface area contributed by atoms with E-state index in [1.54, 1.807) is 12.1 Å². The molecule has 0 saturated heterocycles. The van der Waals surface area contributed by atoms with E-state index in [2.05, 4.69) is 6.92 Å². The molecule has 0 fully saturated rings. The number of hydrogen-bond donors (Lipinski definition) is 1. The van der Waals surface area contributed by atoms with Crippen LogP contribution in [0.1, 0.15) is 39.7 Å². The highest BCUT2D eigenvalue weighted by atomic mass is 32.2. The van der Waals surface area contributed by atoms with Crippen molar-refractivity contribution >= 4 is 10.0 Å². The molecule has 0 atom stereocenters. The number of sulfonamides is 1. The lowest BCUT2D eigenvalue weighted by Crippen LogP contribution is -2.51. The lowest BCUT2D eigenvalue weighted by molar-refractivity contribution is 0.244. The van der Waals surface area contributed by atoms with Gasteiger partial charge < -0.3 is 5.73 Å². The van der Waals surface area contributed by atoms with Crippen molar-refractivity contribution in [3.63, 3.8) is 0 Å². The van der Waals surface area contributed by atoms with E-state index in [1.807, 2.05) is 32.9 Å². The minimum atomic E-state index is -3.50. The van der Waals surface area contributed by atoms with E-state index in [0.717, 1.165) is 18.4 Å². The molecule has 1 aromatic rings. The lowest BCUT2D eigenvalue weighted by Gasteiger charge is -2.35. The van der Waals surface area contributed by atoms with Gasteiger partial charge in [-0.05, 0) is 38.0 Å². The van der Waals surface area contributed by atoms with Gasteiger partial charge in [0.05, 0.1) is 4.90 Å². The first-order valence-electron chi connectivity index (χ1n) is 7.11. The van der Waals surface area contributed by atoms with E-state index < -0.39 is 15.6 Å². The molecule has 0 aliphatic carbocycles. The SMILES string of the molecule is CCCc1ccc(S(=O)(=O)N(CC)C(C)(C)CN)cc1. The van der Waals surface area contributed by atoms with Crippen molar-refractivity contribution in [3.8, 4) is 0 Å². The second kappa shape index (κ2) is 6.70. The Labute approximate surface area is 123 Å². The number of rotatable bonds is 7. The predicted molar refractivity (Wildman–Crippen MR) is 83.1 cm³/mol. The van der Waals surface area contributed by atoms with Gasteiger partial charge >= 0.3 is 0 Å². The van der Waals surface area contributed by atoms with Crippen LogP contribution in [0.2, 0.25) is 0 Å². The molecule has 0 aliphatic rings. The van der Waals surface area contributed by atoms with Crippen molar-refractivity contribution in [2.75, 3.05) is 13.1 Å². The molecular weight excluding hydrogens is 272 g/mol. The fourth-order valence-corrected chi connectivity index (χ4v) is 4.07. The second-order valence-electron chi connectivity index (χ2n) is 5.58. The molecule has 0 aliphatic heterocycles. The van der Waals surface area contributed by atoms with E-state index >= 15 is 0 Å². The first-order chi connectivity index (χ1) is 9.29. The minimum Gasteiger partial charge on any atom is -0.329 e. The van der Waals surface area contributed by atoms with Crippen molar-refractivity contribution in [3.05, 3.63) is 29.8 Å². The Kier molecular flexibility index (Phi) is 5.74. The standard InChI is InChI=1S/C15H26N2O2S/c1-5-7-13-8-10-14(11-9-13)20(18,19)17(6-2)15(3,4)12-16/h8-11H,5-7,12,16H2,1-4H3. The summed E-state index contributed by atoms with van der Waals surface area (Å²) in [5, 5.41) is 0. The van der Waals surface area contributed by atoms with Gasteiger partial charge in [0.25, 0.3) is 0 Å². The maximum Gasteiger partial charge on any atom is 0.243 e. The van der Waals surface area contributed by atoms with Gasteiger partial charge in [0, 0.05) is 18.6 Å². The van der Waals surface area contributed by atoms with Crippen LogP contribution in [0.25, 0.3) is 0 Å². The van der Waals surface area contributed by atoms with Gasteiger partial charge in [0.1, 0.15) is 0 Å². The van der Waals surface area contributed by atoms with Crippen LogP contribution in [-0.4, -0.2) is 31.4 Å². The predicted octanol–water partition coefficient (Wildman–Crippen LogP) is 2.39. The Balaban J connectivity index is 3.14. The third kappa shape index (κ3) is 3.59. The van der Waals surface area contributed by atoms with Crippen molar-refractivity contribution in [1.29, 1.82) is 0 Å².